The van der Waals surface area contributed by atoms with Crippen LogP contribution < -0.4 is 21.1 Å². The number of piperidine rings is 1. The van der Waals surface area contributed by atoms with Crippen LogP contribution in [0.4, 0.5) is 10.5 Å². The summed E-state index contributed by atoms with van der Waals surface area (Å²) >= 11 is 5.96. The lowest BCUT2D eigenvalue weighted by atomic mass is 9.96. The Morgan fingerprint density at radius 3 is 2.65 bits per heavy atom. The van der Waals surface area contributed by atoms with Crippen LogP contribution in [-0.4, -0.2) is 48.1 Å². The molecule has 3 atom stereocenters. The smallest absolute Gasteiger partial charge is 0.316 e. The number of hydrogen-bond acceptors (Lipinski definition) is 4. The molecule has 3 amide bonds. The number of rotatable bonds is 9. The number of primary amides is 1. The lowest BCUT2D eigenvalue weighted by Gasteiger charge is -2.39. The van der Waals surface area contributed by atoms with E-state index in [0.29, 0.717) is 28.5 Å². The number of ether oxygens (including phenoxy) is 1. The summed E-state index contributed by atoms with van der Waals surface area (Å²) in [7, 11) is 0. The third-order valence-corrected chi connectivity index (χ3v) is 6.14. The Bertz CT molecular complexity index is 843. The molecule has 4 N–H and O–H groups in total. The Kier molecular flexibility index (Phi) is 7.98. The van der Waals surface area contributed by atoms with Crippen LogP contribution in [0.3, 0.4) is 0 Å². The number of nitrogens with two attached hydrogens (primary N) is 1. The minimum absolute atomic E-state index is 0.139. The third kappa shape index (κ3) is 6.24. The fourth-order valence-electron chi connectivity index (χ4n) is 4.61. The molecule has 2 aliphatic heterocycles. The molecule has 7 nitrogen and oxygen atoms in total. The SMILES string of the molecule is C=C/C(=C\CC)CN1[C@@H]2CC[C@H]1CC(NC(=O)COc1ccc(Cl)cc1NC(N)=O)C2. The molecule has 0 radical (unpaired) electrons. The molecule has 31 heavy (non-hydrogen) atoms. The van der Waals surface area contributed by atoms with Crippen molar-refractivity contribution in [1.82, 2.24) is 10.2 Å². The second-order valence-electron chi connectivity index (χ2n) is 8.10. The third-order valence-electron chi connectivity index (χ3n) is 5.90. The van der Waals surface area contributed by atoms with Gasteiger partial charge in [-0.3, -0.25) is 9.69 Å². The zero-order valence-corrected chi connectivity index (χ0v) is 18.7. The molecule has 1 aromatic carbocycles. The van der Waals surface area contributed by atoms with E-state index in [1.165, 1.54) is 11.6 Å². The van der Waals surface area contributed by atoms with Gasteiger partial charge in [-0.25, -0.2) is 4.79 Å². The maximum atomic E-state index is 12.5. The highest BCUT2D eigenvalue weighted by atomic mass is 35.5. The van der Waals surface area contributed by atoms with Crippen molar-refractivity contribution < 1.29 is 14.3 Å². The number of allylic oxidation sites excluding steroid dienone is 1. The minimum Gasteiger partial charge on any atom is -0.482 e. The predicted molar refractivity (Wildman–Crippen MR) is 123 cm³/mol. The number of halogens is 1. The van der Waals surface area contributed by atoms with Gasteiger partial charge in [0.05, 0.1) is 5.69 Å². The van der Waals surface area contributed by atoms with E-state index in [2.05, 4.69) is 35.1 Å². The number of carbonyl (C=O) groups excluding carboxylic acids is 2. The average molecular weight is 447 g/mol. The number of hydrogen-bond donors (Lipinski definition) is 3. The zero-order chi connectivity index (χ0) is 22.4. The summed E-state index contributed by atoms with van der Waals surface area (Å²) in [5, 5.41) is 5.99. The first kappa shape index (κ1) is 23.2. The molecule has 0 aliphatic carbocycles. The molecular weight excluding hydrogens is 416 g/mol. The number of benzene rings is 1. The summed E-state index contributed by atoms with van der Waals surface area (Å²) in [6.45, 7) is 6.86. The zero-order valence-electron chi connectivity index (χ0n) is 17.9. The summed E-state index contributed by atoms with van der Waals surface area (Å²) in [6.07, 6.45) is 9.39. The van der Waals surface area contributed by atoms with Crippen LogP contribution in [0.5, 0.6) is 5.75 Å². The maximum absolute atomic E-state index is 12.5. The lowest BCUT2D eigenvalue weighted by molar-refractivity contribution is -0.124. The van der Waals surface area contributed by atoms with E-state index in [-0.39, 0.29) is 18.6 Å². The molecule has 1 aromatic rings. The largest absolute Gasteiger partial charge is 0.482 e. The first-order valence-electron chi connectivity index (χ1n) is 10.7. The van der Waals surface area contributed by atoms with Crippen LogP contribution >= 0.6 is 11.6 Å². The Balaban J connectivity index is 1.52. The predicted octanol–water partition coefficient (Wildman–Crippen LogP) is 3.84. The number of urea groups is 1. The number of anilines is 1. The molecule has 0 spiro atoms. The van der Waals surface area contributed by atoms with Crippen LogP contribution in [-0.2, 0) is 4.79 Å². The quantitative estimate of drug-likeness (QED) is 0.502. The van der Waals surface area contributed by atoms with Crippen LogP contribution in [0, 0.1) is 0 Å². The van der Waals surface area contributed by atoms with Crippen molar-refractivity contribution in [3.63, 3.8) is 0 Å². The molecule has 8 heteroatoms. The molecule has 2 aliphatic rings. The van der Waals surface area contributed by atoms with Crippen LogP contribution in [0.25, 0.3) is 0 Å². The molecule has 2 bridgehead atoms. The van der Waals surface area contributed by atoms with E-state index in [1.807, 2.05) is 6.08 Å². The number of nitrogens with zero attached hydrogens (tertiary/aromatic N) is 1. The fraction of sp³-hybridized carbons (Fsp3) is 0.478. The van der Waals surface area contributed by atoms with Gasteiger partial charge < -0.3 is 21.1 Å². The number of amides is 3. The van der Waals surface area contributed by atoms with Crippen molar-refractivity contribution in [3.05, 3.63) is 47.5 Å². The monoisotopic (exact) mass is 446 g/mol. The van der Waals surface area contributed by atoms with Crippen molar-refractivity contribution in [1.29, 1.82) is 0 Å². The van der Waals surface area contributed by atoms with Crippen molar-refractivity contribution in [3.8, 4) is 5.75 Å². The molecular formula is C23H31ClN4O3. The van der Waals surface area contributed by atoms with E-state index in [1.54, 1.807) is 12.1 Å². The second-order valence-corrected chi connectivity index (χ2v) is 8.54. The van der Waals surface area contributed by atoms with Gasteiger partial charge >= 0.3 is 6.03 Å². The Labute approximate surface area is 188 Å². The highest BCUT2D eigenvalue weighted by Gasteiger charge is 2.40. The summed E-state index contributed by atoms with van der Waals surface area (Å²) < 4.78 is 5.61. The molecule has 2 fully saturated rings. The number of nitrogens with one attached hydrogen (secondary N) is 2. The molecule has 1 unspecified atom stereocenters. The second kappa shape index (κ2) is 10.7. The van der Waals surface area contributed by atoms with Gasteiger partial charge in [0.25, 0.3) is 5.91 Å². The van der Waals surface area contributed by atoms with E-state index in [0.717, 1.165) is 38.6 Å². The molecule has 3 rings (SSSR count). The van der Waals surface area contributed by atoms with Crippen molar-refractivity contribution in [2.75, 3.05) is 18.5 Å². The molecule has 0 aromatic heterocycles. The standard InChI is InChI=1S/C23H31ClN4O3/c1-3-5-15(4-2)13-28-18-7-8-19(28)12-17(11-18)26-22(29)14-31-21-9-6-16(24)10-20(21)27-23(25)30/h4-6,9-10,17-19H,2-3,7-8,11-14H2,1H3,(H,26,29)(H3,25,27,30)/b15-5+/t17?,18-,19+. The summed E-state index contributed by atoms with van der Waals surface area (Å²) in [5.41, 5.74) is 6.79. The van der Waals surface area contributed by atoms with Gasteiger partial charge in [-0.15, -0.1) is 0 Å². The van der Waals surface area contributed by atoms with Crippen molar-refractivity contribution in [2.45, 2.75) is 57.2 Å². The van der Waals surface area contributed by atoms with E-state index >= 15 is 0 Å². The minimum atomic E-state index is -0.729. The normalized spacial score (nSPS) is 23.3. The van der Waals surface area contributed by atoms with Gasteiger partial charge in [0, 0.05) is 29.7 Å². The highest BCUT2D eigenvalue weighted by molar-refractivity contribution is 6.31. The molecule has 168 valence electrons. The summed E-state index contributed by atoms with van der Waals surface area (Å²) in [6, 6.07) is 5.12. The topological polar surface area (TPSA) is 96.7 Å². The van der Waals surface area contributed by atoms with E-state index in [9.17, 15) is 9.59 Å². The lowest BCUT2D eigenvalue weighted by Crippen LogP contribution is -2.51. The summed E-state index contributed by atoms with van der Waals surface area (Å²) in [5.74, 6) is 0.156. The first-order valence-corrected chi connectivity index (χ1v) is 11.1. The molecule has 2 saturated heterocycles. The first-order chi connectivity index (χ1) is 14.9. The van der Waals surface area contributed by atoms with Gasteiger partial charge in [-0.2, -0.15) is 0 Å². The van der Waals surface area contributed by atoms with Crippen LogP contribution in [0.1, 0.15) is 39.0 Å². The van der Waals surface area contributed by atoms with Gasteiger partial charge in [-0.05, 0) is 55.9 Å². The van der Waals surface area contributed by atoms with Gasteiger partial charge in [0.1, 0.15) is 5.75 Å². The molecule has 0 saturated carbocycles. The Hall–Kier alpha value is -2.51. The molecule has 2 heterocycles. The van der Waals surface area contributed by atoms with Crippen LogP contribution in [0.2, 0.25) is 5.02 Å². The Morgan fingerprint density at radius 2 is 2.03 bits per heavy atom. The average Bonchev–Trinajstić information content (AvgIpc) is 2.94. The fourth-order valence-corrected chi connectivity index (χ4v) is 4.78. The van der Waals surface area contributed by atoms with Crippen molar-refractivity contribution in [2.24, 2.45) is 5.73 Å². The van der Waals surface area contributed by atoms with Crippen molar-refractivity contribution >= 4 is 29.2 Å². The van der Waals surface area contributed by atoms with Crippen LogP contribution in [0.15, 0.2) is 42.5 Å². The highest BCUT2D eigenvalue weighted by Crippen LogP contribution is 2.36. The van der Waals surface area contributed by atoms with Gasteiger partial charge in [0.15, 0.2) is 6.61 Å². The summed E-state index contributed by atoms with van der Waals surface area (Å²) in [4.78, 5) is 26.2. The van der Waals surface area contributed by atoms with E-state index < -0.39 is 6.03 Å². The van der Waals surface area contributed by atoms with Gasteiger partial charge in [0.2, 0.25) is 0 Å². The maximum Gasteiger partial charge on any atom is 0.316 e. The van der Waals surface area contributed by atoms with E-state index in [4.69, 9.17) is 22.1 Å². The van der Waals surface area contributed by atoms with Gasteiger partial charge in [-0.1, -0.05) is 37.3 Å². The number of fused-ring (bicyclic) bond motifs is 2. The Morgan fingerprint density at radius 1 is 1.32 bits per heavy atom. The number of carbonyl (C=O) groups is 2.